The summed E-state index contributed by atoms with van der Waals surface area (Å²) in [6, 6.07) is 5.11. The predicted molar refractivity (Wildman–Crippen MR) is 95.7 cm³/mol. The first-order valence-electron chi connectivity index (χ1n) is 7.77. The summed E-state index contributed by atoms with van der Waals surface area (Å²) < 4.78 is 1.47. The maximum atomic E-state index is 11.9. The summed E-state index contributed by atoms with van der Waals surface area (Å²) in [5.41, 5.74) is 8.07. The zero-order chi connectivity index (χ0) is 18.0. The third kappa shape index (κ3) is 3.67. The highest BCUT2D eigenvalue weighted by Crippen LogP contribution is 2.24. The molecular weight excluding hydrogens is 320 g/mol. The molecule has 0 unspecified atom stereocenters. The van der Waals surface area contributed by atoms with E-state index in [1.807, 2.05) is 6.07 Å². The van der Waals surface area contributed by atoms with Crippen molar-refractivity contribution in [2.24, 2.45) is 5.73 Å². The van der Waals surface area contributed by atoms with Gasteiger partial charge in [-0.15, -0.1) is 0 Å². The van der Waals surface area contributed by atoms with E-state index in [1.165, 1.54) is 16.7 Å². The molecule has 3 rings (SSSR count). The first kappa shape index (κ1) is 16.7. The van der Waals surface area contributed by atoms with Crippen molar-refractivity contribution in [3.63, 3.8) is 0 Å². The summed E-state index contributed by atoms with van der Waals surface area (Å²) in [5, 5.41) is 10.4. The molecule has 128 valence electrons. The topological polar surface area (TPSA) is 114 Å². The summed E-state index contributed by atoms with van der Waals surface area (Å²) in [4.78, 5) is 30.2. The number of aromatic amines is 1. The standard InChI is InChI=1S/C18H18N4O3/c1-11(23)9-22-10-13(3-5-17(22)25)14-6-15-12(2-4-16(19)24)7-20-18(15)21-8-14/h2-8,10-11,23H,9H2,1H3,(H2,19,24)(H,20,21)/b4-2+/t11-/m1/s1. The van der Waals surface area contributed by atoms with Crippen LogP contribution in [-0.4, -0.2) is 31.7 Å². The van der Waals surface area contributed by atoms with Crippen molar-refractivity contribution in [3.8, 4) is 11.1 Å². The van der Waals surface area contributed by atoms with Crippen LogP contribution in [0.3, 0.4) is 0 Å². The number of fused-ring (bicyclic) bond motifs is 1. The number of H-pyrrole nitrogens is 1. The van der Waals surface area contributed by atoms with Crippen molar-refractivity contribution in [2.75, 3.05) is 0 Å². The summed E-state index contributed by atoms with van der Waals surface area (Å²) in [7, 11) is 0. The van der Waals surface area contributed by atoms with Gasteiger partial charge in [0.1, 0.15) is 5.65 Å². The number of aromatic nitrogens is 3. The molecule has 3 aromatic heterocycles. The lowest BCUT2D eigenvalue weighted by molar-refractivity contribution is -0.113. The SMILES string of the molecule is C[C@@H](O)Cn1cc(-c2cnc3[nH]cc(/C=C/C(N)=O)c3c2)ccc1=O. The predicted octanol–water partition coefficient (Wildman–Crippen LogP) is 1.27. The molecular formula is C18H18N4O3. The highest BCUT2D eigenvalue weighted by Gasteiger charge is 2.08. The zero-order valence-corrected chi connectivity index (χ0v) is 13.6. The quantitative estimate of drug-likeness (QED) is 0.608. The second-order valence-electron chi connectivity index (χ2n) is 5.86. The Morgan fingerprint density at radius 3 is 2.96 bits per heavy atom. The molecule has 0 saturated carbocycles. The minimum Gasteiger partial charge on any atom is -0.392 e. The summed E-state index contributed by atoms with van der Waals surface area (Å²) in [5.74, 6) is -0.524. The molecule has 0 aliphatic heterocycles. The first-order chi connectivity index (χ1) is 11.9. The van der Waals surface area contributed by atoms with Crippen molar-refractivity contribution in [2.45, 2.75) is 19.6 Å². The number of pyridine rings is 2. The van der Waals surface area contributed by atoms with Crippen molar-refractivity contribution < 1.29 is 9.90 Å². The Labute approximate surface area is 143 Å². The van der Waals surface area contributed by atoms with E-state index in [9.17, 15) is 14.7 Å². The number of aliphatic hydroxyl groups is 1. The van der Waals surface area contributed by atoms with Crippen LogP contribution >= 0.6 is 0 Å². The lowest BCUT2D eigenvalue weighted by Crippen LogP contribution is -2.24. The average molecular weight is 338 g/mol. The van der Waals surface area contributed by atoms with Gasteiger partial charge in [-0.3, -0.25) is 9.59 Å². The molecule has 0 aliphatic rings. The molecule has 0 bridgehead atoms. The molecule has 7 nitrogen and oxygen atoms in total. The number of hydrogen-bond donors (Lipinski definition) is 3. The average Bonchev–Trinajstić information content (AvgIpc) is 2.97. The van der Waals surface area contributed by atoms with Gasteiger partial charge in [-0.25, -0.2) is 4.98 Å². The number of amides is 1. The highest BCUT2D eigenvalue weighted by atomic mass is 16.3. The van der Waals surface area contributed by atoms with E-state index < -0.39 is 12.0 Å². The number of aliphatic hydroxyl groups excluding tert-OH is 1. The number of nitrogens with one attached hydrogen (secondary N) is 1. The monoisotopic (exact) mass is 338 g/mol. The number of carbonyl (C=O) groups is 1. The van der Waals surface area contributed by atoms with Crippen molar-refractivity contribution in [1.29, 1.82) is 0 Å². The Kier molecular flexibility index (Phi) is 4.49. The van der Waals surface area contributed by atoms with Crippen LogP contribution in [0.25, 0.3) is 28.2 Å². The van der Waals surface area contributed by atoms with Gasteiger partial charge < -0.3 is 20.4 Å². The molecule has 0 saturated heterocycles. The molecule has 0 aliphatic carbocycles. The molecule has 0 radical (unpaired) electrons. The minimum absolute atomic E-state index is 0.176. The normalized spacial score (nSPS) is 12.7. The van der Waals surface area contributed by atoms with E-state index in [-0.39, 0.29) is 12.1 Å². The maximum absolute atomic E-state index is 11.9. The number of hydrogen-bond acceptors (Lipinski definition) is 4. The third-order valence-electron chi connectivity index (χ3n) is 3.77. The van der Waals surface area contributed by atoms with Crippen LogP contribution in [0, 0.1) is 0 Å². The second kappa shape index (κ2) is 6.74. The Morgan fingerprint density at radius 2 is 2.24 bits per heavy atom. The number of carbonyl (C=O) groups excluding carboxylic acids is 1. The molecule has 7 heteroatoms. The van der Waals surface area contributed by atoms with Gasteiger partial charge in [0.15, 0.2) is 0 Å². The maximum Gasteiger partial charge on any atom is 0.250 e. The van der Waals surface area contributed by atoms with Crippen molar-refractivity contribution in [1.82, 2.24) is 14.5 Å². The van der Waals surface area contributed by atoms with Crippen LogP contribution in [-0.2, 0) is 11.3 Å². The number of nitrogens with zero attached hydrogens (tertiary/aromatic N) is 2. The van der Waals surface area contributed by atoms with Crippen LogP contribution in [0.2, 0.25) is 0 Å². The van der Waals surface area contributed by atoms with Crippen LogP contribution < -0.4 is 11.3 Å². The van der Waals surface area contributed by atoms with Gasteiger partial charge in [0, 0.05) is 47.2 Å². The van der Waals surface area contributed by atoms with Gasteiger partial charge in [0.25, 0.3) is 5.56 Å². The first-order valence-corrected chi connectivity index (χ1v) is 7.77. The van der Waals surface area contributed by atoms with Crippen LogP contribution in [0.15, 0.2) is 47.7 Å². The van der Waals surface area contributed by atoms with E-state index in [1.54, 1.807) is 37.7 Å². The molecule has 3 heterocycles. The Morgan fingerprint density at radius 1 is 1.44 bits per heavy atom. The van der Waals surface area contributed by atoms with E-state index in [0.29, 0.717) is 5.65 Å². The van der Waals surface area contributed by atoms with Gasteiger partial charge in [-0.05, 0) is 30.7 Å². The van der Waals surface area contributed by atoms with E-state index in [4.69, 9.17) is 5.73 Å². The minimum atomic E-state index is -0.622. The largest absolute Gasteiger partial charge is 0.392 e. The van der Waals surface area contributed by atoms with E-state index in [0.717, 1.165) is 22.1 Å². The Hall–Kier alpha value is -3.19. The summed E-state index contributed by atoms with van der Waals surface area (Å²) in [6.07, 6.45) is 7.44. The lowest BCUT2D eigenvalue weighted by atomic mass is 10.1. The number of rotatable bonds is 5. The summed E-state index contributed by atoms with van der Waals surface area (Å²) in [6.45, 7) is 1.85. The van der Waals surface area contributed by atoms with Gasteiger partial charge in [-0.1, -0.05) is 0 Å². The van der Waals surface area contributed by atoms with E-state index in [2.05, 4.69) is 9.97 Å². The van der Waals surface area contributed by atoms with Gasteiger partial charge in [0.2, 0.25) is 5.91 Å². The Balaban J connectivity index is 2.05. The molecule has 0 aromatic carbocycles. The van der Waals surface area contributed by atoms with Gasteiger partial charge in [0.05, 0.1) is 12.6 Å². The second-order valence-corrected chi connectivity index (χ2v) is 5.86. The molecule has 4 N–H and O–H groups in total. The zero-order valence-electron chi connectivity index (χ0n) is 13.6. The third-order valence-corrected chi connectivity index (χ3v) is 3.77. The van der Waals surface area contributed by atoms with Crippen molar-refractivity contribution in [3.05, 3.63) is 58.8 Å². The van der Waals surface area contributed by atoms with Gasteiger partial charge in [-0.2, -0.15) is 0 Å². The molecule has 25 heavy (non-hydrogen) atoms. The molecule has 1 amide bonds. The fraction of sp³-hybridized carbons (Fsp3) is 0.167. The molecule has 0 fully saturated rings. The molecule has 1 atom stereocenters. The lowest BCUT2D eigenvalue weighted by Gasteiger charge is -2.10. The van der Waals surface area contributed by atoms with Crippen LogP contribution in [0.1, 0.15) is 12.5 Å². The smallest absolute Gasteiger partial charge is 0.250 e. The van der Waals surface area contributed by atoms with Crippen LogP contribution in [0.4, 0.5) is 0 Å². The Bertz CT molecular complexity index is 1010. The fourth-order valence-corrected chi connectivity index (χ4v) is 2.62. The van der Waals surface area contributed by atoms with Gasteiger partial charge >= 0.3 is 0 Å². The van der Waals surface area contributed by atoms with Crippen molar-refractivity contribution >= 4 is 23.0 Å². The number of nitrogens with two attached hydrogens (primary N) is 1. The summed E-state index contributed by atoms with van der Waals surface area (Å²) >= 11 is 0. The fourth-order valence-electron chi connectivity index (χ4n) is 2.62. The highest BCUT2D eigenvalue weighted by molar-refractivity contribution is 5.95. The van der Waals surface area contributed by atoms with Crippen LogP contribution in [0.5, 0.6) is 0 Å². The van der Waals surface area contributed by atoms with E-state index >= 15 is 0 Å². The molecule has 0 spiro atoms. The number of primary amides is 1. The molecule has 3 aromatic rings.